The Labute approximate surface area is 118 Å². The summed E-state index contributed by atoms with van der Waals surface area (Å²) in [6, 6.07) is 1.69. The van der Waals surface area contributed by atoms with Gasteiger partial charge in [-0.1, -0.05) is 27.7 Å². The van der Waals surface area contributed by atoms with E-state index in [9.17, 15) is 8.42 Å². The fourth-order valence-electron chi connectivity index (χ4n) is 1.61. The molecule has 0 aliphatic carbocycles. The predicted octanol–water partition coefficient (Wildman–Crippen LogP) is 1.79. The minimum atomic E-state index is -3.69. The highest BCUT2D eigenvalue weighted by atomic mass is 32.2. The molecule has 2 aromatic rings. The quantitative estimate of drug-likeness (QED) is 0.800. The predicted molar refractivity (Wildman–Crippen MR) is 76.1 cm³/mol. The number of H-pyrrole nitrogens is 2. The summed E-state index contributed by atoms with van der Waals surface area (Å²) in [6.07, 6.45) is 1.95. The van der Waals surface area contributed by atoms with Gasteiger partial charge in [0.15, 0.2) is 10.8 Å². The van der Waals surface area contributed by atoms with E-state index in [4.69, 9.17) is 0 Å². The summed E-state index contributed by atoms with van der Waals surface area (Å²) in [6.45, 7) is 7.94. The molecule has 0 unspecified atom stereocenters. The zero-order valence-corrected chi connectivity index (χ0v) is 12.8. The molecule has 2 aromatic heterocycles. The Kier molecular flexibility index (Phi) is 3.59. The number of aromatic nitrogens is 4. The highest BCUT2D eigenvalue weighted by Crippen LogP contribution is 2.23. The molecule has 0 aromatic carbocycles. The average Bonchev–Trinajstić information content (AvgIpc) is 2.95. The standard InChI is InChI=1S/C12H19N5O2S/c1-5-9-13-7-11(14-9)20(18,19)17-10-6-8(15-16-10)12(2,3)4/h6-7H,5H2,1-4H3,(H,13,14)(H2,15,16,17). The van der Waals surface area contributed by atoms with Crippen LogP contribution in [0.2, 0.25) is 0 Å². The molecule has 0 amide bonds. The van der Waals surface area contributed by atoms with Crippen molar-refractivity contribution in [2.24, 2.45) is 0 Å². The minimum absolute atomic E-state index is 0.0367. The number of sulfonamides is 1. The van der Waals surface area contributed by atoms with Crippen LogP contribution in [0.1, 0.15) is 39.2 Å². The number of aryl methyl sites for hydroxylation is 1. The molecule has 0 aliphatic rings. The van der Waals surface area contributed by atoms with Crippen molar-refractivity contribution in [1.82, 2.24) is 20.2 Å². The van der Waals surface area contributed by atoms with Crippen molar-refractivity contribution in [3.05, 3.63) is 23.8 Å². The fraction of sp³-hybridized carbons (Fsp3) is 0.500. The molecule has 2 rings (SSSR count). The van der Waals surface area contributed by atoms with Gasteiger partial charge in [0.2, 0.25) is 0 Å². The second-order valence-corrected chi connectivity index (χ2v) is 7.22. The summed E-state index contributed by atoms with van der Waals surface area (Å²) in [5.41, 5.74) is 0.731. The first-order valence-electron chi connectivity index (χ1n) is 6.35. The smallest absolute Gasteiger partial charge is 0.280 e. The lowest BCUT2D eigenvalue weighted by atomic mass is 9.92. The van der Waals surface area contributed by atoms with Gasteiger partial charge >= 0.3 is 0 Å². The third-order valence-corrected chi connectivity index (χ3v) is 4.12. The van der Waals surface area contributed by atoms with Crippen molar-refractivity contribution >= 4 is 15.8 Å². The molecule has 110 valence electrons. The van der Waals surface area contributed by atoms with E-state index < -0.39 is 10.0 Å². The first-order valence-corrected chi connectivity index (χ1v) is 7.83. The summed E-state index contributed by atoms with van der Waals surface area (Å²) in [4.78, 5) is 6.74. The zero-order chi connectivity index (χ0) is 15.0. The third kappa shape index (κ3) is 3.01. The van der Waals surface area contributed by atoms with E-state index in [1.54, 1.807) is 6.07 Å². The molecule has 2 heterocycles. The Morgan fingerprint density at radius 3 is 2.55 bits per heavy atom. The Hall–Kier alpha value is -1.83. The zero-order valence-electron chi connectivity index (χ0n) is 12.0. The molecule has 0 saturated heterocycles. The van der Waals surface area contributed by atoms with Crippen molar-refractivity contribution in [3.63, 3.8) is 0 Å². The molecular formula is C12H19N5O2S. The minimum Gasteiger partial charge on any atom is -0.332 e. The fourth-order valence-corrected chi connectivity index (χ4v) is 2.54. The van der Waals surface area contributed by atoms with Crippen molar-refractivity contribution in [2.75, 3.05) is 4.72 Å². The molecule has 8 heteroatoms. The van der Waals surface area contributed by atoms with Crippen LogP contribution in [0.4, 0.5) is 5.82 Å². The lowest BCUT2D eigenvalue weighted by Crippen LogP contribution is -2.14. The third-order valence-electron chi connectivity index (χ3n) is 2.85. The van der Waals surface area contributed by atoms with Crippen LogP contribution in [0.5, 0.6) is 0 Å². The van der Waals surface area contributed by atoms with Gasteiger partial charge in [-0.2, -0.15) is 13.5 Å². The lowest BCUT2D eigenvalue weighted by molar-refractivity contribution is 0.567. The van der Waals surface area contributed by atoms with Crippen LogP contribution in [0.25, 0.3) is 0 Å². The first-order chi connectivity index (χ1) is 9.22. The van der Waals surface area contributed by atoms with E-state index in [2.05, 4.69) is 24.9 Å². The van der Waals surface area contributed by atoms with Gasteiger partial charge in [-0.3, -0.25) is 9.82 Å². The maximum atomic E-state index is 12.2. The van der Waals surface area contributed by atoms with E-state index in [-0.39, 0.29) is 16.3 Å². The molecule has 0 saturated carbocycles. The van der Waals surface area contributed by atoms with E-state index >= 15 is 0 Å². The summed E-state index contributed by atoms with van der Waals surface area (Å²) in [7, 11) is -3.69. The van der Waals surface area contributed by atoms with E-state index in [0.717, 1.165) is 5.69 Å². The van der Waals surface area contributed by atoms with Crippen LogP contribution in [0.15, 0.2) is 17.3 Å². The summed E-state index contributed by atoms with van der Waals surface area (Å²) < 4.78 is 26.7. The number of aromatic amines is 2. The van der Waals surface area contributed by atoms with Gasteiger partial charge in [-0.25, -0.2) is 4.98 Å². The number of nitrogens with zero attached hydrogens (tertiary/aromatic N) is 2. The molecule has 0 bridgehead atoms. The Morgan fingerprint density at radius 2 is 2.05 bits per heavy atom. The van der Waals surface area contributed by atoms with Crippen LogP contribution >= 0.6 is 0 Å². The molecule has 20 heavy (non-hydrogen) atoms. The van der Waals surface area contributed by atoms with Crippen LogP contribution in [-0.4, -0.2) is 28.6 Å². The molecule has 0 radical (unpaired) electrons. The maximum absolute atomic E-state index is 12.2. The van der Waals surface area contributed by atoms with Gasteiger partial charge in [-0.15, -0.1) is 0 Å². The average molecular weight is 297 g/mol. The molecule has 3 N–H and O–H groups in total. The van der Waals surface area contributed by atoms with E-state index in [0.29, 0.717) is 12.2 Å². The molecule has 0 aliphatic heterocycles. The summed E-state index contributed by atoms with van der Waals surface area (Å²) in [5.74, 6) is 0.894. The van der Waals surface area contributed by atoms with Crippen LogP contribution < -0.4 is 4.72 Å². The van der Waals surface area contributed by atoms with Crippen LogP contribution in [0, 0.1) is 0 Å². The van der Waals surface area contributed by atoms with Gasteiger partial charge < -0.3 is 4.98 Å². The van der Waals surface area contributed by atoms with Crippen molar-refractivity contribution in [1.29, 1.82) is 0 Å². The number of hydrogen-bond acceptors (Lipinski definition) is 4. The first kappa shape index (κ1) is 14.6. The normalized spacial score (nSPS) is 12.6. The Balaban J connectivity index is 2.22. The Bertz CT molecular complexity index is 694. The van der Waals surface area contributed by atoms with E-state index in [1.165, 1.54) is 6.20 Å². The highest BCUT2D eigenvalue weighted by Gasteiger charge is 2.21. The van der Waals surface area contributed by atoms with Crippen molar-refractivity contribution in [2.45, 2.75) is 44.6 Å². The monoisotopic (exact) mass is 297 g/mol. The van der Waals surface area contributed by atoms with Gasteiger partial charge in [0, 0.05) is 23.6 Å². The van der Waals surface area contributed by atoms with Crippen LogP contribution in [0.3, 0.4) is 0 Å². The van der Waals surface area contributed by atoms with Crippen LogP contribution in [-0.2, 0) is 21.9 Å². The number of rotatable bonds is 4. The van der Waals surface area contributed by atoms with Gasteiger partial charge in [0.1, 0.15) is 5.82 Å². The summed E-state index contributed by atoms with van der Waals surface area (Å²) >= 11 is 0. The van der Waals surface area contributed by atoms with E-state index in [1.807, 2.05) is 27.7 Å². The molecule has 0 fully saturated rings. The lowest BCUT2D eigenvalue weighted by Gasteiger charge is -2.14. The number of nitrogens with one attached hydrogen (secondary N) is 3. The molecular weight excluding hydrogens is 278 g/mol. The molecule has 0 spiro atoms. The number of imidazole rings is 1. The van der Waals surface area contributed by atoms with Gasteiger partial charge in [0.25, 0.3) is 10.0 Å². The largest absolute Gasteiger partial charge is 0.332 e. The maximum Gasteiger partial charge on any atom is 0.280 e. The number of anilines is 1. The SMILES string of the molecule is CCc1ncc(S(=O)(=O)Nc2cc(C(C)(C)C)[nH]n2)[nH]1. The second kappa shape index (κ2) is 4.93. The summed E-state index contributed by atoms with van der Waals surface area (Å²) in [5, 5.41) is 6.84. The Morgan fingerprint density at radius 1 is 1.35 bits per heavy atom. The topological polar surface area (TPSA) is 104 Å². The molecule has 0 atom stereocenters. The second-order valence-electron chi connectivity index (χ2n) is 5.57. The highest BCUT2D eigenvalue weighted by molar-refractivity contribution is 7.92. The van der Waals surface area contributed by atoms with Crippen molar-refractivity contribution in [3.8, 4) is 0 Å². The van der Waals surface area contributed by atoms with Gasteiger partial charge in [-0.05, 0) is 0 Å². The van der Waals surface area contributed by atoms with Crippen molar-refractivity contribution < 1.29 is 8.42 Å². The van der Waals surface area contributed by atoms with Gasteiger partial charge in [0.05, 0.1) is 6.20 Å². The molecule has 7 nitrogen and oxygen atoms in total. The number of hydrogen-bond donors (Lipinski definition) is 3.